The first-order valence-corrected chi connectivity index (χ1v) is 12.6. The van der Waals surface area contributed by atoms with Crippen molar-refractivity contribution >= 4 is 17.8 Å². The lowest BCUT2D eigenvalue weighted by molar-refractivity contribution is 0.0696. The highest BCUT2D eigenvalue weighted by Crippen LogP contribution is 2.41. The number of carboxylic acid groups (broad SMARTS) is 1. The topological polar surface area (TPSA) is 63.6 Å². The lowest BCUT2D eigenvalue weighted by Gasteiger charge is -2.26. The molecule has 4 aromatic carbocycles. The fourth-order valence-electron chi connectivity index (χ4n) is 4.17. The van der Waals surface area contributed by atoms with Crippen molar-refractivity contribution in [3.05, 3.63) is 130 Å². The molecule has 4 nitrogen and oxygen atoms in total. The summed E-state index contributed by atoms with van der Waals surface area (Å²) in [5, 5.41) is 9.11. The second kappa shape index (κ2) is 11.3. The molecule has 0 radical (unpaired) electrons. The van der Waals surface area contributed by atoms with E-state index in [4.69, 9.17) is 9.84 Å². The Hall–Kier alpha value is -4.44. The number of ketones is 1. The molecule has 0 aromatic heterocycles. The SMILES string of the molecule is Cc1ccc(-c2cc(C(=O)/C=C/c3ccc(C(=O)O)cc3)cc(C(C)(C)C)c2OCc2ccccc2)cc1. The number of aryl methyl sites for hydroxylation is 1. The Balaban J connectivity index is 1.76. The molecular weight excluding hydrogens is 472 g/mol. The molecule has 4 rings (SSSR count). The molecule has 0 amide bonds. The number of ether oxygens (including phenoxy) is 1. The van der Waals surface area contributed by atoms with Crippen LogP contribution in [-0.4, -0.2) is 16.9 Å². The molecule has 0 aliphatic rings. The van der Waals surface area contributed by atoms with Gasteiger partial charge in [-0.15, -0.1) is 0 Å². The van der Waals surface area contributed by atoms with Crippen LogP contribution in [0.2, 0.25) is 0 Å². The molecule has 38 heavy (non-hydrogen) atoms. The number of hydrogen-bond acceptors (Lipinski definition) is 3. The first kappa shape index (κ1) is 26.6. The van der Waals surface area contributed by atoms with Crippen molar-refractivity contribution in [1.29, 1.82) is 0 Å². The van der Waals surface area contributed by atoms with Crippen molar-refractivity contribution in [2.75, 3.05) is 0 Å². The van der Waals surface area contributed by atoms with E-state index in [2.05, 4.69) is 45.0 Å². The van der Waals surface area contributed by atoms with E-state index < -0.39 is 5.97 Å². The van der Waals surface area contributed by atoms with Gasteiger partial charge in [0.1, 0.15) is 12.4 Å². The molecule has 192 valence electrons. The average molecular weight is 505 g/mol. The van der Waals surface area contributed by atoms with Crippen LogP contribution in [0.5, 0.6) is 5.75 Å². The fraction of sp³-hybridized carbons (Fsp3) is 0.176. The third-order valence-corrected chi connectivity index (χ3v) is 6.35. The smallest absolute Gasteiger partial charge is 0.335 e. The summed E-state index contributed by atoms with van der Waals surface area (Å²) < 4.78 is 6.48. The monoisotopic (exact) mass is 504 g/mol. The van der Waals surface area contributed by atoms with E-state index in [0.29, 0.717) is 12.2 Å². The van der Waals surface area contributed by atoms with Crippen LogP contribution in [0.4, 0.5) is 0 Å². The standard InChI is InChI=1S/C34H32O4/c1-23-10-15-26(16-11-23)29-20-28(31(35)19-14-24-12-17-27(18-13-24)33(36)37)21-30(34(2,3)4)32(29)38-22-25-8-6-5-7-9-25/h5-21H,22H2,1-4H3,(H,36,37)/b19-14+. The number of benzene rings is 4. The van der Waals surface area contributed by atoms with E-state index in [0.717, 1.165) is 39.1 Å². The molecule has 0 aliphatic carbocycles. The van der Waals surface area contributed by atoms with Crippen molar-refractivity contribution < 1.29 is 19.4 Å². The summed E-state index contributed by atoms with van der Waals surface area (Å²) in [4.78, 5) is 24.5. The molecule has 0 spiro atoms. The van der Waals surface area contributed by atoms with Crippen LogP contribution in [0.25, 0.3) is 17.2 Å². The minimum Gasteiger partial charge on any atom is -0.488 e. The van der Waals surface area contributed by atoms with E-state index in [9.17, 15) is 9.59 Å². The van der Waals surface area contributed by atoms with Crippen molar-refractivity contribution in [1.82, 2.24) is 0 Å². The second-order valence-electron chi connectivity index (χ2n) is 10.4. The summed E-state index contributed by atoms with van der Waals surface area (Å²) in [7, 11) is 0. The number of aromatic carboxylic acids is 1. The largest absolute Gasteiger partial charge is 0.488 e. The van der Waals surface area contributed by atoms with Gasteiger partial charge < -0.3 is 9.84 Å². The lowest BCUT2D eigenvalue weighted by atomic mass is 9.82. The number of rotatable bonds is 8. The van der Waals surface area contributed by atoms with E-state index in [1.807, 2.05) is 49.4 Å². The van der Waals surface area contributed by atoms with Crippen molar-refractivity contribution in [2.24, 2.45) is 0 Å². The van der Waals surface area contributed by atoms with E-state index in [1.165, 1.54) is 18.2 Å². The molecule has 0 unspecified atom stereocenters. The Labute approximate surface area is 224 Å². The van der Waals surface area contributed by atoms with Gasteiger partial charge >= 0.3 is 5.97 Å². The van der Waals surface area contributed by atoms with Gasteiger partial charge in [0.2, 0.25) is 0 Å². The third kappa shape index (κ3) is 6.46. The number of carbonyl (C=O) groups excluding carboxylic acids is 1. The Morgan fingerprint density at radius 3 is 2.11 bits per heavy atom. The summed E-state index contributed by atoms with van der Waals surface area (Å²) >= 11 is 0. The van der Waals surface area contributed by atoms with Crippen LogP contribution in [0.1, 0.15) is 63.7 Å². The molecule has 0 fully saturated rings. The lowest BCUT2D eigenvalue weighted by Crippen LogP contribution is -2.16. The van der Waals surface area contributed by atoms with Crippen LogP contribution in [0.3, 0.4) is 0 Å². The normalized spacial score (nSPS) is 11.5. The minimum atomic E-state index is -0.982. The van der Waals surface area contributed by atoms with Gasteiger partial charge in [-0.2, -0.15) is 0 Å². The maximum atomic E-state index is 13.4. The molecular formula is C34H32O4. The highest BCUT2D eigenvalue weighted by atomic mass is 16.5. The fourth-order valence-corrected chi connectivity index (χ4v) is 4.17. The average Bonchev–Trinajstić information content (AvgIpc) is 2.91. The van der Waals surface area contributed by atoms with Crippen LogP contribution < -0.4 is 4.74 Å². The van der Waals surface area contributed by atoms with Gasteiger partial charge in [0.25, 0.3) is 0 Å². The number of allylic oxidation sites excluding steroid dienone is 1. The maximum Gasteiger partial charge on any atom is 0.335 e. The van der Waals surface area contributed by atoms with E-state index in [-0.39, 0.29) is 16.8 Å². The zero-order valence-corrected chi connectivity index (χ0v) is 22.2. The Morgan fingerprint density at radius 2 is 1.50 bits per heavy atom. The first-order chi connectivity index (χ1) is 18.1. The summed E-state index contributed by atoms with van der Waals surface area (Å²) in [5.74, 6) is -0.347. The summed E-state index contributed by atoms with van der Waals surface area (Å²) in [6, 6.07) is 28.5. The van der Waals surface area contributed by atoms with Gasteiger partial charge in [-0.25, -0.2) is 4.79 Å². The van der Waals surface area contributed by atoms with Crippen LogP contribution >= 0.6 is 0 Å². The van der Waals surface area contributed by atoms with Crippen LogP contribution in [0, 0.1) is 6.92 Å². The summed E-state index contributed by atoms with van der Waals surface area (Å²) in [6.45, 7) is 8.81. The first-order valence-electron chi connectivity index (χ1n) is 12.6. The summed E-state index contributed by atoms with van der Waals surface area (Å²) in [6.07, 6.45) is 3.23. The molecule has 0 aliphatic heterocycles. The molecule has 4 heteroatoms. The number of hydrogen-bond donors (Lipinski definition) is 1. The van der Waals surface area contributed by atoms with Gasteiger partial charge in [-0.3, -0.25) is 4.79 Å². The van der Waals surface area contributed by atoms with Crippen LogP contribution in [0.15, 0.2) is 97.1 Å². The van der Waals surface area contributed by atoms with Crippen molar-refractivity contribution in [2.45, 2.75) is 39.7 Å². The molecule has 0 heterocycles. The van der Waals surface area contributed by atoms with E-state index in [1.54, 1.807) is 18.2 Å². The van der Waals surface area contributed by atoms with Crippen LogP contribution in [-0.2, 0) is 12.0 Å². The van der Waals surface area contributed by atoms with E-state index >= 15 is 0 Å². The highest BCUT2D eigenvalue weighted by Gasteiger charge is 2.25. The van der Waals surface area contributed by atoms with Gasteiger partial charge in [0, 0.05) is 16.7 Å². The highest BCUT2D eigenvalue weighted by molar-refractivity contribution is 6.08. The predicted octanol–water partition coefficient (Wildman–Crippen LogP) is 8.13. The maximum absolute atomic E-state index is 13.4. The van der Waals surface area contributed by atoms with Crippen molar-refractivity contribution in [3.63, 3.8) is 0 Å². The third-order valence-electron chi connectivity index (χ3n) is 6.35. The van der Waals surface area contributed by atoms with Gasteiger partial charge in [-0.05, 0) is 59.4 Å². The zero-order valence-electron chi connectivity index (χ0n) is 22.2. The minimum absolute atomic E-state index is 0.138. The molecule has 4 aromatic rings. The second-order valence-corrected chi connectivity index (χ2v) is 10.4. The molecule has 0 bridgehead atoms. The molecule has 0 saturated carbocycles. The Bertz CT molecular complexity index is 1460. The summed E-state index contributed by atoms with van der Waals surface area (Å²) in [5.41, 5.74) is 6.27. The Morgan fingerprint density at radius 1 is 0.842 bits per heavy atom. The molecule has 1 N–H and O–H groups in total. The quantitative estimate of drug-likeness (QED) is 0.194. The zero-order chi connectivity index (χ0) is 27.3. The number of carbonyl (C=O) groups is 2. The Kier molecular flexibility index (Phi) is 7.92. The number of carboxylic acids is 1. The predicted molar refractivity (Wildman–Crippen MR) is 153 cm³/mol. The molecule has 0 atom stereocenters. The van der Waals surface area contributed by atoms with Crippen molar-refractivity contribution in [3.8, 4) is 16.9 Å². The van der Waals surface area contributed by atoms with Gasteiger partial charge in [0.15, 0.2) is 5.78 Å². The van der Waals surface area contributed by atoms with Gasteiger partial charge in [-0.1, -0.05) is 99.1 Å². The molecule has 0 saturated heterocycles. The van der Waals surface area contributed by atoms with Gasteiger partial charge in [0.05, 0.1) is 5.56 Å².